The molecule has 1 fully saturated rings. The Hall–Kier alpha value is -2.44. The molecule has 0 aliphatic carbocycles. The largest absolute Gasteiger partial charge is 0.505 e. The lowest BCUT2D eigenvalue weighted by Gasteiger charge is -2.39. The zero-order chi connectivity index (χ0) is 18.7. The van der Waals surface area contributed by atoms with E-state index in [0.29, 0.717) is 30.6 Å². The van der Waals surface area contributed by atoms with Crippen molar-refractivity contribution >= 4 is 5.91 Å². The van der Waals surface area contributed by atoms with Crippen molar-refractivity contribution in [2.75, 3.05) is 33.3 Å². The van der Waals surface area contributed by atoms with E-state index in [1.54, 1.807) is 30.3 Å². The number of carbonyl (C=O) groups excluding carboxylic acids is 1. The van der Waals surface area contributed by atoms with Gasteiger partial charge in [0.1, 0.15) is 0 Å². The number of benzene rings is 2. The first-order valence-electron chi connectivity index (χ1n) is 8.69. The molecule has 1 aliphatic heterocycles. The fraction of sp³-hybridized carbons (Fsp3) is 0.350. The van der Waals surface area contributed by atoms with Crippen molar-refractivity contribution in [2.45, 2.75) is 12.5 Å². The van der Waals surface area contributed by atoms with Crippen molar-refractivity contribution in [1.82, 2.24) is 9.80 Å². The van der Waals surface area contributed by atoms with Crippen LogP contribution in [-0.4, -0.2) is 65.3 Å². The summed E-state index contributed by atoms with van der Waals surface area (Å²) in [5.74, 6) is -1.09. The number of carbonyl (C=O) groups is 1. The lowest BCUT2D eigenvalue weighted by atomic mass is 10.0. The molecule has 138 valence electrons. The first-order valence-corrected chi connectivity index (χ1v) is 8.69. The Kier molecular flexibility index (Phi) is 5.54. The zero-order valence-electron chi connectivity index (χ0n) is 14.7. The van der Waals surface area contributed by atoms with Crippen LogP contribution in [0.4, 0.5) is 4.39 Å². The molecule has 1 amide bonds. The highest BCUT2D eigenvalue weighted by molar-refractivity contribution is 5.94. The zero-order valence-corrected chi connectivity index (χ0v) is 14.7. The van der Waals surface area contributed by atoms with E-state index in [2.05, 4.69) is 4.90 Å². The number of likely N-dealkylation sites (N-methyl/N-ethyl adjacent to an activating group) is 1. The molecule has 6 heteroatoms. The number of phenolic OH excluding ortho intramolecular Hbond substituents is 1. The molecule has 2 aromatic carbocycles. The van der Waals surface area contributed by atoms with Gasteiger partial charge >= 0.3 is 0 Å². The van der Waals surface area contributed by atoms with Gasteiger partial charge in [0.15, 0.2) is 11.6 Å². The van der Waals surface area contributed by atoms with Crippen LogP contribution in [0, 0.1) is 5.82 Å². The molecule has 1 aliphatic rings. The van der Waals surface area contributed by atoms with Gasteiger partial charge in [0.05, 0.1) is 0 Å². The fourth-order valence-corrected chi connectivity index (χ4v) is 3.27. The highest BCUT2D eigenvalue weighted by Gasteiger charge is 2.27. The van der Waals surface area contributed by atoms with Crippen molar-refractivity contribution in [3.8, 4) is 16.9 Å². The summed E-state index contributed by atoms with van der Waals surface area (Å²) in [5, 5.41) is 18.5. The number of phenols is 1. The number of hydrogen-bond donors (Lipinski definition) is 2. The molecule has 26 heavy (non-hydrogen) atoms. The number of halogens is 1. The Morgan fingerprint density at radius 1 is 1.15 bits per heavy atom. The second kappa shape index (κ2) is 7.85. The number of hydrogen-bond acceptors (Lipinski definition) is 4. The second-order valence-corrected chi connectivity index (χ2v) is 6.64. The van der Waals surface area contributed by atoms with Gasteiger partial charge in [-0.1, -0.05) is 18.2 Å². The van der Waals surface area contributed by atoms with Crippen LogP contribution in [0.25, 0.3) is 11.1 Å². The molecule has 3 rings (SSSR count). The van der Waals surface area contributed by atoms with Gasteiger partial charge in [-0.2, -0.15) is 0 Å². The predicted octanol–water partition coefficient (Wildman–Crippen LogP) is 2.34. The van der Waals surface area contributed by atoms with Crippen molar-refractivity contribution in [3.63, 3.8) is 0 Å². The molecule has 0 saturated carbocycles. The maximum atomic E-state index is 13.5. The molecule has 0 radical (unpaired) electrons. The number of rotatable bonds is 4. The van der Waals surface area contributed by atoms with E-state index in [0.717, 1.165) is 12.1 Å². The molecular formula is C20H23FN2O3. The minimum atomic E-state index is -0.671. The van der Waals surface area contributed by atoms with Gasteiger partial charge in [0.25, 0.3) is 5.91 Å². The number of aromatic hydroxyl groups is 1. The maximum absolute atomic E-state index is 13.5. The second-order valence-electron chi connectivity index (χ2n) is 6.64. The Labute approximate surface area is 152 Å². The van der Waals surface area contributed by atoms with Gasteiger partial charge in [0.2, 0.25) is 0 Å². The van der Waals surface area contributed by atoms with Crippen LogP contribution in [0.15, 0.2) is 42.5 Å². The van der Waals surface area contributed by atoms with E-state index >= 15 is 0 Å². The van der Waals surface area contributed by atoms with Crippen LogP contribution in [0.2, 0.25) is 0 Å². The standard InChI is InChI=1S/C20H23FN2O3/c1-22-9-10-23(13-17(22)8-11-24)20(26)15-4-2-14(3-5-15)16-6-7-19(25)18(21)12-16/h2-7,12,17,24-25H,8-11,13H2,1H3/t17-/m1/s1. The SMILES string of the molecule is CN1CCN(C(=O)c2ccc(-c3ccc(O)c(F)c3)cc2)C[C@H]1CCO. The summed E-state index contributed by atoms with van der Waals surface area (Å²) in [7, 11) is 2.01. The number of nitrogens with zero attached hydrogens (tertiary/aromatic N) is 2. The molecule has 2 aromatic rings. The van der Waals surface area contributed by atoms with Gasteiger partial charge in [-0.3, -0.25) is 9.69 Å². The maximum Gasteiger partial charge on any atom is 0.253 e. The van der Waals surface area contributed by atoms with Crippen LogP contribution in [0.3, 0.4) is 0 Å². The van der Waals surface area contributed by atoms with Gasteiger partial charge in [-0.25, -0.2) is 4.39 Å². The Balaban J connectivity index is 1.73. The van der Waals surface area contributed by atoms with Crippen molar-refractivity contribution in [3.05, 3.63) is 53.8 Å². The van der Waals surface area contributed by atoms with E-state index < -0.39 is 5.82 Å². The summed E-state index contributed by atoms with van der Waals surface area (Å²) in [6.07, 6.45) is 0.644. The molecule has 0 unspecified atom stereocenters. The van der Waals surface area contributed by atoms with Crippen LogP contribution in [0.1, 0.15) is 16.8 Å². The molecule has 0 aromatic heterocycles. The van der Waals surface area contributed by atoms with Crippen LogP contribution < -0.4 is 0 Å². The number of amides is 1. The quantitative estimate of drug-likeness (QED) is 0.881. The van der Waals surface area contributed by atoms with Crippen molar-refractivity contribution in [1.29, 1.82) is 0 Å². The minimum absolute atomic E-state index is 0.0375. The third-order valence-corrected chi connectivity index (χ3v) is 4.94. The summed E-state index contributed by atoms with van der Waals surface area (Å²) < 4.78 is 13.5. The summed E-state index contributed by atoms with van der Waals surface area (Å²) in [5.41, 5.74) is 2.00. The first kappa shape index (κ1) is 18.4. The average Bonchev–Trinajstić information content (AvgIpc) is 2.65. The molecular weight excluding hydrogens is 335 g/mol. The Morgan fingerprint density at radius 3 is 2.50 bits per heavy atom. The van der Waals surface area contributed by atoms with Crippen molar-refractivity contribution < 1.29 is 19.4 Å². The predicted molar refractivity (Wildman–Crippen MR) is 97.5 cm³/mol. The van der Waals surface area contributed by atoms with Crippen LogP contribution >= 0.6 is 0 Å². The minimum Gasteiger partial charge on any atom is -0.505 e. The summed E-state index contributed by atoms with van der Waals surface area (Å²) >= 11 is 0. The Bertz CT molecular complexity index is 779. The van der Waals surface area contributed by atoms with Gasteiger partial charge in [-0.05, 0) is 48.9 Å². The van der Waals surface area contributed by atoms with Crippen LogP contribution in [-0.2, 0) is 0 Å². The molecule has 0 spiro atoms. The van der Waals surface area contributed by atoms with Crippen LogP contribution in [0.5, 0.6) is 5.75 Å². The van der Waals surface area contributed by atoms with E-state index in [9.17, 15) is 19.4 Å². The summed E-state index contributed by atoms with van der Waals surface area (Å²) in [6, 6.07) is 11.4. The molecule has 1 heterocycles. The third kappa shape index (κ3) is 3.86. The normalized spacial score (nSPS) is 18.1. The number of aliphatic hydroxyl groups excluding tert-OH is 1. The molecule has 0 bridgehead atoms. The van der Waals surface area contributed by atoms with E-state index in [1.165, 1.54) is 12.1 Å². The number of piperazine rings is 1. The average molecular weight is 358 g/mol. The monoisotopic (exact) mass is 358 g/mol. The fourth-order valence-electron chi connectivity index (χ4n) is 3.27. The molecule has 2 N–H and O–H groups in total. The van der Waals surface area contributed by atoms with E-state index in [1.807, 2.05) is 11.9 Å². The van der Waals surface area contributed by atoms with Crippen molar-refractivity contribution in [2.24, 2.45) is 0 Å². The molecule has 1 saturated heterocycles. The van der Waals surface area contributed by atoms with E-state index in [4.69, 9.17) is 0 Å². The van der Waals surface area contributed by atoms with Gasteiger partial charge in [-0.15, -0.1) is 0 Å². The highest BCUT2D eigenvalue weighted by Crippen LogP contribution is 2.25. The number of aliphatic hydroxyl groups is 1. The molecule has 5 nitrogen and oxygen atoms in total. The third-order valence-electron chi connectivity index (χ3n) is 4.94. The first-order chi connectivity index (χ1) is 12.5. The highest BCUT2D eigenvalue weighted by atomic mass is 19.1. The topological polar surface area (TPSA) is 64.0 Å². The molecule has 1 atom stereocenters. The van der Waals surface area contributed by atoms with Gasteiger partial charge in [0, 0.05) is 37.8 Å². The van der Waals surface area contributed by atoms with Gasteiger partial charge < -0.3 is 15.1 Å². The lowest BCUT2D eigenvalue weighted by Crippen LogP contribution is -2.53. The van der Waals surface area contributed by atoms with E-state index in [-0.39, 0.29) is 24.3 Å². The lowest BCUT2D eigenvalue weighted by molar-refractivity contribution is 0.0500. The smallest absolute Gasteiger partial charge is 0.253 e. The summed E-state index contributed by atoms with van der Waals surface area (Å²) in [6.45, 7) is 2.14. The summed E-state index contributed by atoms with van der Waals surface area (Å²) in [4.78, 5) is 16.7. The Morgan fingerprint density at radius 2 is 1.85 bits per heavy atom.